The molecule has 1 N–H and O–H groups in total. The number of carbonyl (C=O) groups excluding carboxylic acids is 1. The number of rotatable bonds is 7. The van der Waals surface area contributed by atoms with Crippen LogP contribution in [0.1, 0.15) is 30.5 Å². The lowest BCUT2D eigenvalue weighted by molar-refractivity contribution is -0.140. The number of esters is 1. The average molecular weight is 314 g/mol. The molecule has 21 heavy (non-hydrogen) atoms. The van der Waals surface area contributed by atoms with Crippen molar-refractivity contribution in [2.24, 2.45) is 0 Å². The maximum absolute atomic E-state index is 12.2. The Hall–Kier alpha value is -1.44. The highest BCUT2D eigenvalue weighted by molar-refractivity contribution is 7.87. The lowest BCUT2D eigenvalue weighted by atomic mass is 10.1. The van der Waals surface area contributed by atoms with Crippen molar-refractivity contribution < 1.29 is 17.9 Å². The van der Waals surface area contributed by atoms with Crippen LogP contribution in [0.25, 0.3) is 0 Å². The van der Waals surface area contributed by atoms with Gasteiger partial charge in [0.05, 0.1) is 13.5 Å². The molecule has 0 aromatic heterocycles. The second kappa shape index (κ2) is 7.53. The summed E-state index contributed by atoms with van der Waals surface area (Å²) in [5.74, 6) is -0.441. The van der Waals surface area contributed by atoms with E-state index in [0.29, 0.717) is 0 Å². The third-order valence-corrected chi connectivity index (χ3v) is 4.79. The minimum Gasteiger partial charge on any atom is -0.469 e. The molecule has 0 unspecified atom stereocenters. The van der Waals surface area contributed by atoms with Crippen LogP contribution in [0, 0.1) is 6.92 Å². The van der Waals surface area contributed by atoms with Crippen LogP contribution in [-0.4, -0.2) is 39.4 Å². The number of benzene rings is 1. The van der Waals surface area contributed by atoms with E-state index in [4.69, 9.17) is 0 Å². The standard InChI is InChI=1S/C14H22N2O4S/c1-11-6-5-7-13(10-11)12(2)15-21(18,19)16(3)9-8-14(17)20-4/h5-7,10,12,15H,8-9H2,1-4H3/t12-/m1/s1. The van der Waals surface area contributed by atoms with Gasteiger partial charge in [0, 0.05) is 19.6 Å². The molecule has 6 nitrogen and oxygen atoms in total. The van der Waals surface area contributed by atoms with E-state index in [2.05, 4.69) is 9.46 Å². The highest BCUT2D eigenvalue weighted by Crippen LogP contribution is 2.15. The Morgan fingerprint density at radius 2 is 2.10 bits per heavy atom. The Labute approximate surface area is 126 Å². The number of ether oxygens (including phenoxy) is 1. The number of carbonyl (C=O) groups is 1. The maximum atomic E-state index is 12.2. The van der Waals surface area contributed by atoms with E-state index in [0.717, 1.165) is 15.4 Å². The Morgan fingerprint density at radius 3 is 2.67 bits per heavy atom. The number of nitrogens with one attached hydrogen (secondary N) is 1. The van der Waals surface area contributed by atoms with Gasteiger partial charge in [-0.1, -0.05) is 29.8 Å². The SMILES string of the molecule is COC(=O)CCN(C)S(=O)(=O)N[C@H](C)c1cccc(C)c1. The van der Waals surface area contributed by atoms with Crippen molar-refractivity contribution in [1.82, 2.24) is 9.03 Å². The molecule has 1 atom stereocenters. The van der Waals surface area contributed by atoms with Crippen molar-refractivity contribution in [3.63, 3.8) is 0 Å². The number of hydrogen-bond donors (Lipinski definition) is 1. The van der Waals surface area contributed by atoms with Gasteiger partial charge in [-0.15, -0.1) is 0 Å². The molecule has 0 amide bonds. The summed E-state index contributed by atoms with van der Waals surface area (Å²) in [6.07, 6.45) is 0.0206. The quantitative estimate of drug-likeness (QED) is 0.772. The normalized spacial score (nSPS) is 13.2. The van der Waals surface area contributed by atoms with Crippen molar-refractivity contribution in [2.45, 2.75) is 26.3 Å². The molecule has 118 valence electrons. The van der Waals surface area contributed by atoms with E-state index >= 15 is 0 Å². The summed E-state index contributed by atoms with van der Waals surface area (Å²) >= 11 is 0. The summed E-state index contributed by atoms with van der Waals surface area (Å²) in [6.45, 7) is 3.80. The highest BCUT2D eigenvalue weighted by atomic mass is 32.2. The van der Waals surface area contributed by atoms with Crippen LogP contribution in [0.5, 0.6) is 0 Å². The van der Waals surface area contributed by atoms with Gasteiger partial charge < -0.3 is 4.74 Å². The number of methoxy groups -OCH3 is 1. The molecule has 0 aliphatic rings. The summed E-state index contributed by atoms with van der Waals surface area (Å²) in [5, 5.41) is 0. The number of hydrogen-bond acceptors (Lipinski definition) is 4. The van der Waals surface area contributed by atoms with Gasteiger partial charge in [-0.3, -0.25) is 4.79 Å². The first-order valence-electron chi connectivity index (χ1n) is 6.63. The summed E-state index contributed by atoms with van der Waals surface area (Å²) in [7, 11) is -0.951. The van der Waals surface area contributed by atoms with Crippen molar-refractivity contribution in [3.05, 3.63) is 35.4 Å². The average Bonchev–Trinajstić information content (AvgIpc) is 2.43. The molecule has 0 aliphatic heterocycles. The molecule has 7 heteroatoms. The summed E-state index contributed by atoms with van der Waals surface area (Å²) in [4.78, 5) is 11.1. The van der Waals surface area contributed by atoms with E-state index in [1.54, 1.807) is 6.92 Å². The topological polar surface area (TPSA) is 75.7 Å². The van der Waals surface area contributed by atoms with Gasteiger partial charge in [-0.2, -0.15) is 17.4 Å². The first-order chi connectivity index (χ1) is 9.76. The van der Waals surface area contributed by atoms with Gasteiger partial charge in [-0.05, 0) is 19.4 Å². The minimum absolute atomic E-state index is 0.0206. The monoisotopic (exact) mass is 314 g/mol. The molecule has 0 fully saturated rings. The second-order valence-corrected chi connectivity index (χ2v) is 6.72. The zero-order valence-corrected chi connectivity index (χ0v) is 13.6. The second-order valence-electron chi connectivity index (χ2n) is 4.91. The predicted octanol–water partition coefficient (Wildman–Crippen LogP) is 1.39. The fourth-order valence-corrected chi connectivity index (χ4v) is 2.89. The van der Waals surface area contributed by atoms with E-state index in [-0.39, 0.29) is 19.0 Å². The van der Waals surface area contributed by atoms with Crippen LogP contribution in [0.4, 0.5) is 0 Å². The molecule has 0 bridgehead atoms. The molecule has 0 radical (unpaired) electrons. The van der Waals surface area contributed by atoms with Crippen molar-refractivity contribution >= 4 is 16.2 Å². The first kappa shape index (κ1) is 17.6. The highest BCUT2D eigenvalue weighted by Gasteiger charge is 2.21. The molecule has 1 aromatic carbocycles. The first-order valence-corrected chi connectivity index (χ1v) is 8.07. The minimum atomic E-state index is -3.65. The largest absolute Gasteiger partial charge is 0.469 e. The molecule has 0 saturated heterocycles. The Balaban J connectivity index is 2.68. The van der Waals surface area contributed by atoms with Gasteiger partial charge in [0.25, 0.3) is 10.2 Å². The predicted molar refractivity (Wildman–Crippen MR) is 80.9 cm³/mol. The molecule has 0 saturated carbocycles. The zero-order valence-electron chi connectivity index (χ0n) is 12.8. The fraction of sp³-hybridized carbons (Fsp3) is 0.500. The Bertz CT molecular complexity index is 586. The molecule has 1 aromatic rings. The third-order valence-electron chi connectivity index (χ3n) is 3.14. The lowest BCUT2D eigenvalue weighted by Crippen LogP contribution is -2.40. The van der Waals surface area contributed by atoms with Crippen LogP contribution in [-0.2, 0) is 19.7 Å². The van der Waals surface area contributed by atoms with Crippen molar-refractivity contribution in [2.75, 3.05) is 20.7 Å². The summed E-state index contributed by atoms with van der Waals surface area (Å²) in [5.41, 5.74) is 1.96. The van der Waals surface area contributed by atoms with Gasteiger partial charge in [0.15, 0.2) is 0 Å². The van der Waals surface area contributed by atoms with Gasteiger partial charge in [0.2, 0.25) is 0 Å². The van der Waals surface area contributed by atoms with Crippen LogP contribution in [0.2, 0.25) is 0 Å². The molecule has 0 aliphatic carbocycles. The lowest BCUT2D eigenvalue weighted by Gasteiger charge is -2.21. The van der Waals surface area contributed by atoms with E-state index in [1.807, 2.05) is 31.2 Å². The third kappa shape index (κ3) is 5.45. The van der Waals surface area contributed by atoms with Crippen LogP contribution in [0.3, 0.4) is 0 Å². The van der Waals surface area contributed by atoms with Gasteiger partial charge in [0.1, 0.15) is 0 Å². The molecule has 1 rings (SSSR count). The summed E-state index contributed by atoms with van der Waals surface area (Å²) in [6, 6.07) is 7.29. The molecular formula is C14H22N2O4S. The fourth-order valence-electron chi connectivity index (χ4n) is 1.79. The van der Waals surface area contributed by atoms with E-state index < -0.39 is 16.2 Å². The number of aryl methyl sites for hydroxylation is 1. The van der Waals surface area contributed by atoms with E-state index in [1.165, 1.54) is 14.2 Å². The smallest absolute Gasteiger partial charge is 0.306 e. The molecule has 0 spiro atoms. The number of nitrogens with zero attached hydrogens (tertiary/aromatic N) is 1. The summed E-state index contributed by atoms with van der Waals surface area (Å²) < 4.78 is 32.5. The van der Waals surface area contributed by atoms with Crippen LogP contribution in [0.15, 0.2) is 24.3 Å². The molecular weight excluding hydrogens is 292 g/mol. The van der Waals surface area contributed by atoms with E-state index in [9.17, 15) is 13.2 Å². The van der Waals surface area contributed by atoms with Gasteiger partial charge in [-0.25, -0.2) is 0 Å². The van der Waals surface area contributed by atoms with Crippen LogP contribution < -0.4 is 4.72 Å². The van der Waals surface area contributed by atoms with Crippen molar-refractivity contribution in [3.8, 4) is 0 Å². The maximum Gasteiger partial charge on any atom is 0.306 e. The Morgan fingerprint density at radius 1 is 1.43 bits per heavy atom. The van der Waals surface area contributed by atoms with Crippen molar-refractivity contribution in [1.29, 1.82) is 0 Å². The zero-order chi connectivity index (χ0) is 16.0. The molecule has 0 heterocycles. The van der Waals surface area contributed by atoms with Crippen LogP contribution >= 0.6 is 0 Å². The van der Waals surface area contributed by atoms with Gasteiger partial charge >= 0.3 is 5.97 Å². The Kier molecular flexibility index (Phi) is 6.32.